The maximum Gasteiger partial charge on any atom is 0.416 e. The lowest BCUT2D eigenvalue weighted by atomic mass is 9.95. The fourth-order valence-corrected chi connectivity index (χ4v) is 3.79. The normalized spacial score (nSPS) is 15.3. The maximum atomic E-state index is 13.0. The second kappa shape index (κ2) is 7.63. The molecule has 4 nitrogen and oxygen atoms in total. The predicted octanol–water partition coefficient (Wildman–Crippen LogP) is 5.35. The number of piperidine rings is 1. The van der Waals surface area contributed by atoms with Crippen LogP contribution in [0.4, 0.5) is 18.9 Å². The Hall–Kier alpha value is -3.27. The molecule has 0 aliphatic carbocycles. The second-order valence-corrected chi connectivity index (χ2v) is 7.15. The topological polar surface area (TPSA) is 55.7 Å². The number of para-hydroxylation sites is 1. The van der Waals surface area contributed by atoms with Gasteiger partial charge in [0.05, 0.1) is 28.7 Å². The highest BCUT2D eigenvalue weighted by Gasteiger charge is 2.30. The van der Waals surface area contributed by atoms with E-state index in [2.05, 4.69) is 20.9 Å². The van der Waals surface area contributed by atoms with Crippen molar-refractivity contribution in [1.82, 2.24) is 9.97 Å². The number of aromatic amines is 1. The number of hydrogen-bond donors (Lipinski definition) is 1. The Morgan fingerprint density at radius 3 is 2.55 bits per heavy atom. The van der Waals surface area contributed by atoms with Crippen LogP contribution in [0, 0.1) is 11.3 Å². The zero-order chi connectivity index (χ0) is 20.4. The van der Waals surface area contributed by atoms with Gasteiger partial charge in [-0.3, -0.25) is 0 Å². The Kier molecular flexibility index (Phi) is 5.01. The molecule has 0 radical (unpaired) electrons. The van der Waals surface area contributed by atoms with Gasteiger partial charge in [-0.25, -0.2) is 4.98 Å². The van der Waals surface area contributed by atoms with Crippen molar-refractivity contribution in [2.75, 3.05) is 18.0 Å². The molecule has 0 unspecified atom stereocenters. The number of imidazole rings is 1. The number of hydrogen-bond acceptors (Lipinski definition) is 3. The summed E-state index contributed by atoms with van der Waals surface area (Å²) in [4.78, 5) is 9.84. The van der Waals surface area contributed by atoms with Crippen LogP contribution >= 0.6 is 0 Å². The van der Waals surface area contributed by atoms with E-state index in [0.29, 0.717) is 16.8 Å². The van der Waals surface area contributed by atoms with Gasteiger partial charge < -0.3 is 9.88 Å². The van der Waals surface area contributed by atoms with Crippen molar-refractivity contribution in [3.8, 4) is 17.3 Å². The first-order valence-corrected chi connectivity index (χ1v) is 9.42. The molecule has 148 valence electrons. The number of nitrogens with one attached hydrogen (secondary N) is 1. The van der Waals surface area contributed by atoms with E-state index in [-0.39, 0.29) is 5.92 Å². The number of aromatic nitrogens is 2. The van der Waals surface area contributed by atoms with Gasteiger partial charge in [0, 0.05) is 24.6 Å². The average molecular weight is 396 g/mol. The van der Waals surface area contributed by atoms with Gasteiger partial charge in [0.15, 0.2) is 0 Å². The number of halogens is 3. The van der Waals surface area contributed by atoms with Gasteiger partial charge in [-0.15, -0.1) is 0 Å². The molecule has 2 heterocycles. The fourth-order valence-electron chi connectivity index (χ4n) is 3.79. The maximum absolute atomic E-state index is 13.0. The summed E-state index contributed by atoms with van der Waals surface area (Å²) in [6.07, 6.45) is -1.06. The van der Waals surface area contributed by atoms with Gasteiger partial charge >= 0.3 is 6.18 Å². The van der Waals surface area contributed by atoms with Crippen LogP contribution in [0.3, 0.4) is 0 Å². The van der Waals surface area contributed by atoms with Crippen LogP contribution in [0.1, 0.15) is 35.7 Å². The van der Waals surface area contributed by atoms with Crippen molar-refractivity contribution in [1.29, 1.82) is 5.26 Å². The van der Waals surface area contributed by atoms with Crippen molar-refractivity contribution in [2.45, 2.75) is 24.9 Å². The molecule has 1 aliphatic rings. The minimum Gasteiger partial charge on any atom is -0.370 e. The Bertz CT molecular complexity index is 1040. The minimum absolute atomic E-state index is 0.208. The number of anilines is 1. The Labute approximate surface area is 166 Å². The molecule has 1 N–H and O–H groups in total. The van der Waals surface area contributed by atoms with E-state index in [1.54, 1.807) is 12.3 Å². The molecule has 1 aliphatic heterocycles. The largest absolute Gasteiger partial charge is 0.416 e. The summed E-state index contributed by atoms with van der Waals surface area (Å²) in [5.74, 6) is 1.01. The van der Waals surface area contributed by atoms with Crippen molar-refractivity contribution < 1.29 is 13.2 Å². The first kappa shape index (κ1) is 19.1. The SMILES string of the molecule is N#Cc1ccccc1N1CCC(c2ncc(-c3cccc(C(F)(F)F)c3)[nH]2)CC1. The molecule has 2 aromatic carbocycles. The van der Waals surface area contributed by atoms with Gasteiger partial charge in [0.1, 0.15) is 11.9 Å². The molecule has 1 fully saturated rings. The molecule has 0 amide bonds. The number of benzene rings is 2. The van der Waals surface area contributed by atoms with Gasteiger partial charge in [-0.2, -0.15) is 18.4 Å². The van der Waals surface area contributed by atoms with Crippen molar-refractivity contribution in [3.05, 3.63) is 71.7 Å². The quantitative estimate of drug-likeness (QED) is 0.649. The van der Waals surface area contributed by atoms with Crippen LogP contribution in [0.25, 0.3) is 11.3 Å². The van der Waals surface area contributed by atoms with Crippen LogP contribution in [0.5, 0.6) is 0 Å². The Morgan fingerprint density at radius 1 is 1.07 bits per heavy atom. The lowest BCUT2D eigenvalue weighted by molar-refractivity contribution is -0.137. The monoisotopic (exact) mass is 396 g/mol. The molecule has 0 bridgehead atoms. The molecule has 29 heavy (non-hydrogen) atoms. The zero-order valence-corrected chi connectivity index (χ0v) is 15.6. The molecule has 1 saturated heterocycles. The van der Waals surface area contributed by atoms with E-state index >= 15 is 0 Å². The second-order valence-electron chi connectivity index (χ2n) is 7.15. The molecule has 4 rings (SSSR count). The highest BCUT2D eigenvalue weighted by atomic mass is 19.4. The first-order valence-electron chi connectivity index (χ1n) is 9.42. The van der Waals surface area contributed by atoms with Crippen molar-refractivity contribution in [3.63, 3.8) is 0 Å². The molecule has 1 aromatic heterocycles. The van der Waals surface area contributed by atoms with Crippen molar-refractivity contribution >= 4 is 5.69 Å². The van der Waals surface area contributed by atoms with Crippen LogP contribution in [-0.2, 0) is 6.18 Å². The Balaban J connectivity index is 1.47. The number of nitriles is 1. The lowest BCUT2D eigenvalue weighted by Crippen LogP contribution is -2.33. The minimum atomic E-state index is -4.37. The molecular formula is C22H19F3N4. The molecule has 0 spiro atoms. The third-order valence-corrected chi connectivity index (χ3v) is 5.34. The van der Waals surface area contributed by atoms with Gasteiger partial charge in [-0.05, 0) is 37.1 Å². The highest BCUT2D eigenvalue weighted by Crippen LogP contribution is 2.34. The third kappa shape index (κ3) is 3.97. The van der Waals surface area contributed by atoms with E-state index in [4.69, 9.17) is 0 Å². The molecule has 3 aromatic rings. The van der Waals surface area contributed by atoms with Crippen molar-refractivity contribution in [2.24, 2.45) is 0 Å². The number of alkyl halides is 3. The van der Waals surface area contributed by atoms with Gasteiger partial charge in [-0.1, -0.05) is 24.3 Å². The summed E-state index contributed by atoms with van der Waals surface area (Å²) in [6, 6.07) is 15.0. The smallest absolute Gasteiger partial charge is 0.370 e. The number of rotatable bonds is 3. The zero-order valence-electron chi connectivity index (χ0n) is 15.6. The summed E-state index contributed by atoms with van der Waals surface area (Å²) in [6.45, 7) is 1.59. The van der Waals surface area contributed by atoms with E-state index in [0.717, 1.165) is 49.6 Å². The van der Waals surface area contributed by atoms with Gasteiger partial charge in [0.25, 0.3) is 0 Å². The molecular weight excluding hydrogens is 377 g/mol. The summed E-state index contributed by atoms with van der Waals surface area (Å²) < 4.78 is 38.9. The van der Waals surface area contributed by atoms with Crippen LogP contribution in [-0.4, -0.2) is 23.1 Å². The standard InChI is InChI=1S/C22H19F3N4/c23-22(24,25)18-6-3-5-16(12-18)19-14-27-21(28-19)15-8-10-29(11-9-15)20-7-2-1-4-17(20)13-26/h1-7,12,14-15H,8-11H2,(H,27,28). The molecule has 0 saturated carbocycles. The number of H-pyrrole nitrogens is 1. The van der Waals surface area contributed by atoms with E-state index in [9.17, 15) is 18.4 Å². The van der Waals surface area contributed by atoms with E-state index in [1.807, 2.05) is 24.3 Å². The van der Waals surface area contributed by atoms with Gasteiger partial charge in [0.2, 0.25) is 0 Å². The summed E-state index contributed by atoms with van der Waals surface area (Å²) in [5.41, 5.74) is 1.99. The predicted molar refractivity (Wildman–Crippen MR) is 104 cm³/mol. The molecule has 0 atom stereocenters. The van der Waals surface area contributed by atoms with E-state index < -0.39 is 11.7 Å². The van der Waals surface area contributed by atoms with Crippen LogP contribution in [0.2, 0.25) is 0 Å². The third-order valence-electron chi connectivity index (χ3n) is 5.34. The summed E-state index contributed by atoms with van der Waals surface area (Å²) >= 11 is 0. The van der Waals surface area contributed by atoms with E-state index in [1.165, 1.54) is 6.07 Å². The van der Waals surface area contributed by atoms with Crippen LogP contribution in [0.15, 0.2) is 54.7 Å². The lowest BCUT2D eigenvalue weighted by Gasteiger charge is -2.33. The Morgan fingerprint density at radius 2 is 1.83 bits per heavy atom. The molecule has 7 heteroatoms. The first-order chi connectivity index (χ1) is 14.0. The van der Waals surface area contributed by atoms with Crippen LogP contribution < -0.4 is 4.90 Å². The summed E-state index contributed by atoms with van der Waals surface area (Å²) in [5, 5.41) is 9.30. The highest BCUT2D eigenvalue weighted by molar-refractivity contribution is 5.61. The summed E-state index contributed by atoms with van der Waals surface area (Å²) in [7, 11) is 0. The fraction of sp³-hybridized carbons (Fsp3) is 0.273. The average Bonchev–Trinajstić information content (AvgIpc) is 3.24. The number of nitrogens with zero attached hydrogens (tertiary/aromatic N) is 3.